The van der Waals surface area contributed by atoms with Crippen LogP contribution in [0.25, 0.3) is 0 Å². The van der Waals surface area contributed by atoms with Gasteiger partial charge in [-0.2, -0.15) is 0 Å². The number of rotatable bonds is 6. The van der Waals surface area contributed by atoms with E-state index in [1.807, 2.05) is 6.07 Å². The normalized spacial score (nSPS) is 13.6. The Hall–Kier alpha value is -2.10. The molecule has 146 valence electrons. The lowest BCUT2D eigenvalue weighted by atomic mass is 10.3. The Morgan fingerprint density at radius 3 is 2.48 bits per heavy atom. The van der Waals surface area contributed by atoms with Crippen LogP contribution >= 0.6 is 15.9 Å². The highest BCUT2D eigenvalue weighted by Crippen LogP contribution is 2.38. The van der Waals surface area contributed by atoms with E-state index in [0.717, 1.165) is 46.8 Å². The van der Waals surface area contributed by atoms with Gasteiger partial charge in [0.2, 0.25) is 0 Å². The van der Waals surface area contributed by atoms with Crippen molar-refractivity contribution in [3.05, 3.63) is 34.3 Å². The van der Waals surface area contributed by atoms with Gasteiger partial charge >= 0.3 is 0 Å². The highest BCUT2D eigenvalue weighted by molar-refractivity contribution is 9.10. The Bertz CT molecular complexity index is 774. The van der Waals surface area contributed by atoms with Crippen molar-refractivity contribution < 1.29 is 28.4 Å². The average molecular weight is 441 g/mol. The highest BCUT2D eigenvalue weighted by Gasteiger charge is 2.20. The first-order chi connectivity index (χ1) is 13.2. The molecule has 0 spiro atoms. The Kier molecular flexibility index (Phi) is 7.08. The molecule has 0 bridgehead atoms. The molecule has 4 rings (SSSR count). The minimum absolute atomic E-state index is 0.207. The molecule has 0 atom stereocenters. The van der Waals surface area contributed by atoms with Crippen molar-refractivity contribution in [1.29, 1.82) is 0 Å². The van der Waals surface area contributed by atoms with Crippen LogP contribution in [0.4, 0.5) is 0 Å². The van der Waals surface area contributed by atoms with Gasteiger partial charge in [0.15, 0.2) is 25.1 Å². The molecular formula is C18H21BrN2O6. The second kappa shape index (κ2) is 9.72. The number of ether oxygens (including phenoxy) is 6. The smallest absolute Gasteiger partial charge is 0.188 e. The Morgan fingerprint density at radius 2 is 1.67 bits per heavy atom. The molecule has 0 radical (unpaired) electrons. The largest absolute Gasteiger partial charge is 0.491 e. The maximum Gasteiger partial charge on any atom is 0.188 e. The third-order valence-corrected chi connectivity index (χ3v) is 4.53. The first-order valence-corrected chi connectivity index (χ1v) is 9.17. The predicted molar refractivity (Wildman–Crippen MR) is 99.6 cm³/mol. The first kappa shape index (κ1) is 19.7. The van der Waals surface area contributed by atoms with Crippen molar-refractivity contribution in [2.24, 2.45) is 0 Å². The standard InChI is InChI=1S/C9H10BrNO3.C9H11NO3/c1-12-5-14-7-4-11-6-2-3-13-9(6)8(7)10;1-11-6-13-7-4-9-8(10-5-7)2-3-12-9/h4H,2-3,5H2,1H3;4-5H,2-3,6H2,1H3. The van der Waals surface area contributed by atoms with E-state index in [1.165, 1.54) is 0 Å². The zero-order chi connectivity index (χ0) is 19.1. The zero-order valence-corrected chi connectivity index (χ0v) is 16.8. The second-order valence-electron chi connectivity index (χ2n) is 5.63. The lowest BCUT2D eigenvalue weighted by Crippen LogP contribution is -2.00. The fraction of sp³-hybridized carbons (Fsp3) is 0.444. The molecule has 27 heavy (non-hydrogen) atoms. The second-order valence-corrected chi connectivity index (χ2v) is 6.42. The van der Waals surface area contributed by atoms with Crippen LogP contribution in [0.1, 0.15) is 11.4 Å². The van der Waals surface area contributed by atoms with E-state index in [9.17, 15) is 0 Å². The van der Waals surface area contributed by atoms with E-state index in [1.54, 1.807) is 26.6 Å². The van der Waals surface area contributed by atoms with Crippen molar-refractivity contribution in [1.82, 2.24) is 9.97 Å². The van der Waals surface area contributed by atoms with Gasteiger partial charge in [0.25, 0.3) is 0 Å². The van der Waals surface area contributed by atoms with Gasteiger partial charge in [-0.3, -0.25) is 9.97 Å². The monoisotopic (exact) mass is 440 g/mol. The lowest BCUT2D eigenvalue weighted by molar-refractivity contribution is 0.0501. The molecule has 2 aromatic rings. The van der Waals surface area contributed by atoms with Gasteiger partial charge in [-0.15, -0.1) is 0 Å². The molecule has 0 N–H and O–H groups in total. The van der Waals surface area contributed by atoms with Gasteiger partial charge in [0, 0.05) is 33.1 Å². The molecule has 8 nitrogen and oxygen atoms in total. The highest BCUT2D eigenvalue weighted by atomic mass is 79.9. The Labute approximate surface area is 165 Å². The third kappa shape index (κ3) is 5.00. The molecule has 0 saturated carbocycles. The quantitative estimate of drug-likeness (QED) is 0.634. The van der Waals surface area contributed by atoms with E-state index in [0.29, 0.717) is 18.1 Å². The minimum Gasteiger partial charge on any atom is -0.491 e. The number of methoxy groups -OCH3 is 2. The number of hydrogen-bond acceptors (Lipinski definition) is 8. The van der Waals surface area contributed by atoms with Crippen LogP contribution in [0, 0.1) is 0 Å². The van der Waals surface area contributed by atoms with E-state index in [4.69, 9.17) is 28.4 Å². The summed E-state index contributed by atoms with van der Waals surface area (Å²) in [4.78, 5) is 8.44. The van der Waals surface area contributed by atoms with E-state index in [2.05, 4.69) is 25.9 Å². The van der Waals surface area contributed by atoms with Crippen molar-refractivity contribution in [2.75, 3.05) is 41.0 Å². The van der Waals surface area contributed by atoms with Crippen molar-refractivity contribution in [2.45, 2.75) is 12.8 Å². The van der Waals surface area contributed by atoms with Gasteiger partial charge < -0.3 is 28.4 Å². The zero-order valence-electron chi connectivity index (χ0n) is 15.2. The molecule has 4 heterocycles. The van der Waals surface area contributed by atoms with Crippen LogP contribution in [-0.2, 0) is 22.3 Å². The number of halogens is 1. The van der Waals surface area contributed by atoms with Crippen LogP contribution in [0.5, 0.6) is 23.0 Å². The molecule has 0 unspecified atom stereocenters. The molecule has 2 aliphatic rings. The SMILES string of the molecule is COCOc1cnc2c(c1)OCC2.COCOc1cnc2c(c1Br)OCC2. The van der Waals surface area contributed by atoms with E-state index in [-0.39, 0.29) is 13.6 Å². The lowest BCUT2D eigenvalue weighted by Gasteiger charge is -2.08. The van der Waals surface area contributed by atoms with Gasteiger partial charge in [-0.25, -0.2) is 0 Å². The summed E-state index contributed by atoms with van der Waals surface area (Å²) in [5.74, 6) is 2.95. The summed E-state index contributed by atoms with van der Waals surface area (Å²) in [6.07, 6.45) is 5.11. The molecule has 2 aliphatic heterocycles. The molecule has 2 aromatic heterocycles. The summed E-state index contributed by atoms with van der Waals surface area (Å²) < 4.78 is 31.7. The fourth-order valence-corrected chi connectivity index (χ4v) is 3.08. The number of fused-ring (bicyclic) bond motifs is 2. The van der Waals surface area contributed by atoms with Crippen LogP contribution in [-0.4, -0.2) is 51.0 Å². The third-order valence-electron chi connectivity index (χ3n) is 3.78. The van der Waals surface area contributed by atoms with Crippen molar-refractivity contribution >= 4 is 15.9 Å². The number of aromatic nitrogens is 2. The average Bonchev–Trinajstić information content (AvgIpc) is 3.35. The van der Waals surface area contributed by atoms with Gasteiger partial charge in [0.05, 0.1) is 37.0 Å². The first-order valence-electron chi connectivity index (χ1n) is 8.38. The van der Waals surface area contributed by atoms with Crippen LogP contribution in [0.3, 0.4) is 0 Å². The maximum absolute atomic E-state index is 5.42. The fourth-order valence-electron chi connectivity index (χ4n) is 2.52. The van der Waals surface area contributed by atoms with E-state index < -0.39 is 0 Å². The van der Waals surface area contributed by atoms with E-state index >= 15 is 0 Å². The summed E-state index contributed by atoms with van der Waals surface area (Å²) in [6.45, 7) is 1.85. The summed E-state index contributed by atoms with van der Waals surface area (Å²) in [6, 6.07) is 1.84. The molecule has 0 saturated heterocycles. The molecule has 0 fully saturated rings. The molecular weight excluding hydrogens is 420 g/mol. The van der Waals surface area contributed by atoms with Crippen LogP contribution < -0.4 is 18.9 Å². The van der Waals surface area contributed by atoms with Crippen LogP contribution in [0.2, 0.25) is 0 Å². The number of nitrogens with zero attached hydrogens (tertiary/aromatic N) is 2. The topological polar surface area (TPSA) is 81.2 Å². The Morgan fingerprint density at radius 1 is 0.963 bits per heavy atom. The summed E-state index contributed by atoms with van der Waals surface area (Å²) >= 11 is 3.42. The van der Waals surface area contributed by atoms with Crippen molar-refractivity contribution in [3.8, 4) is 23.0 Å². The van der Waals surface area contributed by atoms with Crippen molar-refractivity contribution in [3.63, 3.8) is 0 Å². The molecule has 9 heteroatoms. The summed E-state index contributed by atoms with van der Waals surface area (Å²) in [7, 11) is 3.16. The molecule has 0 amide bonds. The van der Waals surface area contributed by atoms with Gasteiger partial charge in [0.1, 0.15) is 16.0 Å². The minimum atomic E-state index is 0.207. The molecule has 0 aliphatic carbocycles. The maximum atomic E-state index is 5.42. The van der Waals surface area contributed by atoms with Gasteiger partial charge in [-0.1, -0.05) is 0 Å². The summed E-state index contributed by atoms with van der Waals surface area (Å²) in [5.41, 5.74) is 1.98. The van der Waals surface area contributed by atoms with Gasteiger partial charge in [-0.05, 0) is 15.9 Å². The number of hydrogen-bond donors (Lipinski definition) is 0. The Balaban J connectivity index is 0.000000156. The number of pyridine rings is 2. The van der Waals surface area contributed by atoms with Crippen LogP contribution in [0.15, 0.2) is 22.9 Å². The predicted octanol–water partition coefficient (Wildman–Crippen LogP) is 2.76. The molecule has 0 aromatic carbocycles. The summed E-state index contributed by atoms with van der Waals surface area (Å²) in [5, 5.41) is 0.